The van der Waals surface area contributed by atoms with Crippen molar-refractivity contribution in [3.05, 3.63) is 70.8 Å². The lowest BCUT2D eigenvalue weighted by Crippen LogP contribution is -2.32. The molecule has 7 nitrogen and oxygen atoms in total. The van der Waals surface area contributed by atoms with Crippen LogP contribution in [0.2, 0.25) is 0 Å². The Kier molecular flexibility index (Phi) is 13.0. The lowest BCUT2D eigenvalue weighted by Gasteiger charge is -2.22. The highest BCUT2D eigenvalue weighted by Gasteiger charge is 2.33. The first-order valence-corrected chi connectivity index (χ1v) is 12.2. The number of benzene rings is 2. The Hall–Kier alpha value is -2.92. The van der Waals surface area contributed by atoms with Gasteiger partial charge in [0.1, 0.15) is 16.6 Å². The number of nitrogen functional groups attached to an aromatic ring is 1. The van der Waals surface area contributed by atoms with E-state index in [9.17, 15) is 18.4 Å². The standard InChI is InChI=1S/C26H29F2N3O4S.2ClH/c1-5-34-25(32)22-19(14-30(3)4)23(16-10-12-17(29)13-11-16)36-24(22)31(26(33)35-6-2)15-18-20(27)8-7-9-21(18)28;;/h7-13H,5-6,14-15,29H2,1-4H3;2*1H. The van der Waals surface area contributed by atoms with Gasteiger partial charge in [0.2, 0.25) is 0 Å². The molecule has 0 aliphatic carbocycles. The zero-order valence-electron chi connectivity index (χ0n) is 21.5. The van der Waals surface area contributed by atoms with Crippen LogP contribution in [0.25, 0.3) is 10.4 Å². The molecular weight excluding hydrogens is 559 g/mol. The summed E-state index contributed by atoms with van der Waals surface area (Å²) in [5.74, 6) is -2.28. The van der Waals surface area contributed by atoms with Gasteiger partial charge in [0.15, 0.2) is 0 Å². The van der Waals surface area contributed by atoms with Gasteiger partial charge in [-0.1, -0.05) is 18.2 Å². The van der Waals surface area contributed by atoms with Crippen molar-refractivity contribution in [3.63, 3.8) is 0 Å². The number of halogens is 4. The third-order valence-corrected chi connectivity index (χ3v) is 6.53. The molecule has 2 N–H and O–H groups in total. The predicted molar refractivity (Wildman–Crippen MR) is 152 cm³/mol. The van der Waals surface area contributed by atoms with Crippen molar-refractivity contribution in [2.24, 2.45) is 0 Å². The fourth-order valence-corrected chi connectivity index (χ4v) is 4.95. The summed E-state index contributed by atoms with van der Waals surface area (Å²) in [5.41, 5.74) is 7.64. The third-order valence-electron chi connectivity index (χ3n) is 5.23. The van der Waals surface area contributed by atoms with Crippen LogP contribution in [0.5, 0.6) is 0 Å². The Labute approximate surface area is 237 Å². The van der Waals surface area contributed by atoms with E-state index in [2.05, 4.69) is 0 Å². The quantitative estimate of drug-likeness (QED) is 0.226. The Morgan fingerprint density at radius 1 is 0.895 bits per heavy atom. The van der Waals surface area contributed by atoms with E-state index in [4.69, 9.17) is 15.2 Å². The molecule has 0 saturated heterocycles. The van der Waals surface area contributed by atoms with Crippen LogP contribution in [0.15, 0.2) is 42.5 Å². The van der Waals surface area contributed by atoms with E-state index < -0.39 is 30.2 Å². The molecule has 1 heterocycles. The number of ether oxygens (including phenoxy) is 2. The van der Waals surface area contributed by atoms with Gasteiger partial charge in [-0.15, -0.1) is 36.2 Å². The van der Waals surface area contributed by atoms with E-state index in [0.29, 0.717) is 22.7 Å². The molecule has 0 unspecified atom stereocenters. The minimum Gasteiger partial charge on any atom is -0.462 e. The molecule has 208 valence electrons. The van der Waals surface area contributed by atoms with Gasteiger partial charge in [0, 0.05) is 28.2 Å². The van der Waals surface area contributed by atoms with Crippen molar-refractivity contribution in [2.45, 2.75) is 26.9 Å². The molecule has 0 spiro atoms. The predicted octanol–water partition coefficient (Wildman–Crippen LogP) is 6.52. The monoisotopic (exact) mass is 589 g/mol. The van der Waals surface area contributed by atoms with Gasteiger partial charge in [-0.05, 0) is 57.8 Å². The van der Waals surface area contributed by atoms with Crippen molar-refractivity contribution in [1.29, 1.82) is 0 Å². The maximum Gasteiger partial charge on any atom is 0.415 e. The molecule has 0 bridgehead atoms. The van der Waals surface area contributed by atoms with Crippen LogP contribution in [-0.4, -0.2) is 44.3 Å². The van der Waals surface area contributed by atoms with Crippen LogP contribution >= 0.6 is 36.2 Å². The van der Waals surface area contributed by atoms with Gasteiger partial charge < -0.3 is 20.1 Å². The highest BCUT2D eigenvalue weighted by Crippen LogP contribution is 2.44. The Bertz CT molecular complexity index is 1220. The molecule has 0 saturated carbocycles. The first-order valence-electron chi connectivity index (χ1n) is 11.4. The summed E-state index contributed by atoms with van der Waals surface area (Å²) in [6, 6.07) is 10.5. The minimum absolute atomic E-state index is 0. The first-order chi connectivity index (χ1) is 17.2. The summed E-state index contributed by atoms with van der Waals surface area (Å²) in [5, 5.41) is 0.179. The summed E-state index contributed by atoms with van der Waals surface area (Å²) in [6.07, 6.45) is -0.841. The van der Waals surface area contributed by atoms with E-state index in [1.807, 2.05) is 31.1 Å². The number of hydrogen-bond donors (Lipinski definition) is 1. The van der Waals surface area contributed by atoms with Crippen molar-refractivity contribution >= 4 is 58.9 Å². The Morgan fingerprint density at radius 2 is 1.47 bits per heavy atom. The molecule has 0 atom stereocenters. The molecule has 0 fully saturated rings. The normalized spacial score (nSPS) is 10.4. The number of thiophene rings is 1. The number of esters is 1. The average molecular weight is 591 g/mol. The Balaban J connectivity index is 0.00000361. The number of amides is 1. The van der Waals surface area contributed by atoms with E-state index >= 15 is 0 Å². The fourth-order valence-electron chi connectivity index (χ4n) is 3.65. The van der Waals surface area contributed by atoms with Gasteiger partial charge in [0.05, 0.1) is 25.3 Å². The van der Waals surface area contributed by atoms with Crippen LogP contribution in [0.4, 0.5) is 24.3 Å². The molecule has 0 aliphatic heterocycles. The number of carbonyl (C=O) groups is 2. The van der Waals surface area contributed by atoms with E-state index in [1.165, 1.54) is 6.07 Å². The van der Waals surface area contributed by atoms with Gasteiger partial charge in [-0.2, -0.15) is 0 Å². The Morgan fingerprint density at radius 3 is 2.00 bits per heavy atom. The van der Waals surface area contributed by atoms with Gasteiger partial charge >= 0.3 is 12.1 Å². The number of nitrogens with two attached hydrogens (primary N) is 1. The van der Waals surface area contributed by atoms with Crippen LogP contribution in [-0.2, 0) is 22.6 Å². The molecule has 3 rings (SSSR count). The second kappa shape index (κ2) is 14.9. The second-order valence-corrected chi connectivity index (χ2v) is 9.15. The van der Waals surface area contributed by atoms with E-state index in [-0.39, 0.29) is 54.2 Å². The van der Waals surface area contributed by atoms with E-state index in [1.54, 1.807) is 26.0 Å². The molecule has 2 aromatic carbocycles. The molecular formula is C26H31Cl2F2N3O4S. The van der Waals surface area contributed by atoms with Crippen molar-refractivity contribution in [2.75, 3.05) is 37.9 Å². The van der Waals surface area contributed by atoms with E-state index in [0.717, 1.165) is 33.9 Å². The van der Waals surface area contributed by atoms with Crippen molar-refractivity contribution < 1.29 is 27.8 Å². The minimum atomic E-state index is -0.841. The van der Waals surface area contributed by atoms with Crippen LogP contribution in [0, 0.1) is 11.6 Å². The average Bonchev–Trinajstić information content (AvgIpc) is 3.17. The molecule has 0 radical (unpaired) electrons. The third kappa shape index (κ3) is 7.57. The van der Waals surface area contributed by atoms with Crippen molar-refractivity contribution in [1.82, 2.24) is 4.90 Å². The van der Waals surface area contributed by atoms with Gasteiger partial charge in [-0.3, -0.25) is 4.90 Å². The SMILES string of the molecule is CCOC(=O)c1c(N(Cc2c(F)cccc2F)C(=O)OCC)sc(-c2ccc(N)cc2)c1CN(C)C.Cl.Cl. The number of nitrogens with zero attached hydrogens (tertiary/aromatic N) is 2. The molecule has 1 aromatic heterocycles. The van der Waals surface area contributed by atoms with Gasteiger partial charge in [-0.25, -0.2) is 18.4 Å². The lowest BCUT2D eigenvalue weighted by atomic mass is 10.0. The summed E-state index contributed by atoms with van der Waals surface area (Å²) >= 11 is 1.15. The second-order valence-electron chi connectivity index (χ2n) is 8.16. The zero-order chi connectivity index (χ0) is 26.4. The molecule has 3 aromatic rings. The summed E-state index contributed by atoms with van der Waals surface area (Å²) in [6.45, 7) is 3.30. The van der Waals surface area contributed by atoms with Crippen LogP contribution < -0.4 is 10.6 Å². The smallest absolute Gasteiger partial charge is 0.415 e. The number of rotatable bonds is 9. The lowest BCUT2D eigenvalue weighted by molar-refractivity contribution is 0.0526. The highest BCUT2D eigenvalue weighted by molar-refractivity contribution is 7.20. The van der Waals surface area contributed by atoms with Crippen LogP contribution in [0.1, 0.15) is 35.3 Å². The molecule has 0 aliphatic rings. The summed E-state index contributed by atoms with van der Waals surface area (Å²) in [7, 11) is 3.69. The maximum atomic E-state index is 14.6. The number of hydrogen-bond acceptors (Lipinski definition) is 7. The van der Waals surface area contributed by atoms with Crippen molar-refractivity contribution in [3.8, 4) is 10.4 Å². The molecule has 12 heteroatoms. The summed E-state index contributed by atoms with van der Waals surface area (Å²) in [4.78, 5) is 30.0. The summed E-state index contributed by atoms with van der Waals surface area (Å²) < 4.78 is 39.8. The number of anilines is 2. The first kappa shape index (κ1) is 33.1. The van der Waals surface area contributed by atoms with Crippen LogP contribution in [0.3, 0.4) is 0 Å². The topological polar surface area (TPSA) is 85.1 Å². The fraction of sp³-hybridized carbons (Fsp3) is 0.308. The number of carbonyl (C=O) groups excluding carboxylic acids is 2. The highest BCUT2D eigenvalue weighted by atomic mass is 35.5. The maximum absolute atomic E-state index is 14.6. The zero-order valence-corrected chi connectivity index (χ0v) is 23.9. The molecule has 38 heavy (non-hydrogen) atoms. The largest absolute Gasteiger partial charge is 0.462 e. The molecule has 1 amide bonds. The van der Waals surface area contributed by atoms with Gasteiger partial charge in [0.25, 0.3) is 0 Å².